The summed E-state index contributed by atoms with van der Waals surface area (Å²) < 4.78 is 47.3. The predicted octanol–water partition coefficient (Wildman–Crippen LogP) is 12.8. The van der Waals surface area contributed by atoms with Gasteiger partial charge >= 0.3 is 17.9 Å². The maximum atomic E-state index is 14.3. The zero-order valence-corrected chi connectivity index (χ0v) is 95.4. The van der Waals surface area contributed by atoms with Crippen molar-refractivity contribution in [3.63, 3.8) is 0 Å². The van der Waals surface area contributed by atoms with Gasteiger partial charge in [-0.15, -0.1) is 13.2 Å². The zero-order chi connectivity index (χ0) is 97.0. The van der Waals surface area contributed by atoms with Crippen molar-refractivity contribution in [1.82, 2.24) is 0 Å². The van der Waals surface area contributed by atoms with Gasteiger partial charge in [-0.05, 0) is 164 Å². The molecule has 41 heteroatoms. The summed E-state index contributed by atoms with van der Waals surface area (Å²) in [5.74, 6) is -1.91. The summed E-state index contributed by atoms with van der Waals surface area (Å²) in [5, 5.41) is 53.5. The first-order valence-corrected chi connectivity index (χ1v) is 70.7. The molecule has 0 amide bonds. The average molecular weight is 2190 g/mol. The lowest BCUT2D eigenvalue weighted by molar-refractivity contribution is -0.212. The molecule has 3 unspecified atom stereocenters. The van der Waals surface area contributed by atoms with Gasteiger partial charge in [0.15, 0.2) is 9.04 Å². The second-order valence-electron chi connectivity index (χ2n) is 37.3. The third-order valence-electron chi connectivity index (χ3n) is 30.9. The molecule has 0 spiro atoms. The molecule has 6 bridgehead atoms. The van der Waals surface area contributed by atoms with Crippen LogP contribution in [0.2, 0.25) is 18.1 Å². The molecule has 11 rings (SSSR count). The van der Waals surface area contributed by atoms with Crippen LogP contribution in [0.15, 0.2) is 86.0 Å². The molecule has 9 fully saturated rings. The quantitative estimate of drug-likeness (QED) is 0.0452. The van der Waals surface area contributed by atoms with Crippen molar-refractivity contribution < 1.29 is 87.9 Å². The maximum absolute atomic E-state index is 14.3. The number of hydrogen-bond donors (Lipinski definition) is 5. The minimum absolute atomic E-state index is 0.0902. The number of aliphatic hydroxyl groups excluding tert-OH is 5. The predicted molar refractivity (Wildman–Crippen MR) is 570 cm³/mol. The van der Waals surface area contributed by atoms with E-state index >= 15 is 0 Å². The highest BCUT2D eigenvalue weighted by atomic mass is 33.4. The Bertz CT molecular complexity index is 4720. The lowest BCUT2D eigenvalue weighted by Crippen LogP contribution is -2.67. The van der Waals surface area contributed by atoms with Crippen molar-refractivity contribution in [2.75, 3.05) is 33.6 Å². The Kier molecular flexibility index (Phi) is 49.1. The Morgan fingerprint density at radius 1 is 0.528 bits per heavy atom. The Hall–Kier alpha value is -0.286. The van der Waals surface area contributed by atoms with Crippen molar-refractivity contribution in [2.45, 2.75) is 262 Å². The van der Waals surface area contributed by atoms with Crippen LogP contribution in [-0.4, -0.2) is 154 Å². The molecule has 9 saturated carbocycles. The Balaban J connectivity index is 0.000000365. The molecule has 0 aliphatic heterocycles. The molecule has 0 saturated heterocycles. The molecular formula is C86H133FO17S21Si2. The van der Waals surface area contributed by atoms with E-state index in [1.807, 2.05) is 70.2 Å². The molecule has 9 aliphatic carbocycles. The average Bonchev–Trinajstić information content (AvgIpc) is 1.42. The fourth-order valence-corrected chi connectivity index (χ4v) is 54.2. The Morgan fingerprint density at radius 2 is 0.858 bits per heavy atom. The minimum atomic E-state index is -2.95. The highest BCUT2D eigenvalue weighted by Crippen LogP contribution is 2.72. The van der Waals surface area contributed by atoms with Gasteiger partial charge in [0, 0.05) is 266 Å². The summed E-state index contributed by atoms with van der Waals surface area (Å²) >= 11 is 27.4. The molecule has 2 aromatic rings. The van der Waals surface area contributed by atoms with Crippen molar-refractivity contribution >= 4 is 269 Å². The molecular weight excluding hydrogens is 2050 g/mol. The molecule has 0 heterocycles. The molecule has 127 heavy (non-hydrogen) atoms. The van der Waals surface area contributed by atoms with Crippen molar-refractivity contribution in [3.05, 3.63) is 86.0 Å². The van der Waals surface area contributed by atoms with Crippen molar-refractivity contribution in [1.29, 1.82) is 0 Å². The second-order valence-corrected chi connectivity index (χ2v) is 70.5. The van der Waals surface area contributed by atoms with Gasteiger partial charge in [-0.25, -0.2) is 14.4 Å². The molecule has 17 nitrogen and oxygen atoms in total. The second kappa shape index (κ2) is 53.2. The van der Waals surface area contributed by atoms with Gasteiger partial charge in [0.05, 0.1) is 37.5 Å². The number of carbonyl (C=O) groups excluding carboxylic acids is 7. The van der Waals surface area contributed by atoms with E-state index in [4.69, 9.17) is 24.4 Å². The number of esters is 3. The van der Waals surface area contributed by atoms with Crippen LogP contribution in [0.4, 0.5) is 4.39 Å². The molecule has 0 radical (unpaired) electrons. The van der Waals surface area contributed by atoms with E-state index in [-0.39, 0.29) is 125 Å². The smallest absolute Gasteiger partial charge is 0.332 e. The monoisotopic (exact) mass is 2190 g/mol. The number of Topliss-reactive ketones (excluding diaryl/α,β-unsaturated/α-hetero) is 4. The van der Waals surface area contributed by atoms with Crippen LogP contribution in [0, 0.1) is 102 Å². The fraction of sp³-hybridized carbons (Fsp3) is 0.733. The molecule has 24 atom stereocenters. The number of ketones is 4. The number of hydrogen-bond acceptors (Lipinski definition) is 23. The highest BCUT2D eigenvalue weighted by molar-refractivity contribution is 8.70. The van der Waals surface area contributed by atoms with Crippen LogP contribution in [0.3, 0.4) is 0 Å². The third kappa shape index (κ3) is 25.9. The number of carbonyl (C=O) groups is 7. The van der Waals surface area contributed by atoms with Crippen LogP contribution >= 0.6 is 0 Å². The lowest BCUT2D eigenvalue weighted by atomic mass is 9.43. The minimum Gasteiger partial charge on any atom is -0.460 e. The largest absolute Gasteiger partial charge is 0.460 e. The van der Waals surface area contributed by atoms with Gasteiger partial charge in [0.1, 0.15) is 61.3 Å². The molecule has 2 aromatic carbocycles. The van der Waals surface area contributed by atoms with Crippen LogP contribution in [0.25, 0.3) is 0 Å². The number of halogens is 1. The summed E-state index contributed by atoms with van der Waals surface area (Å²) in [6, 6.07) is 20.8. The summed E-state index contributed by atoms with van der Waals surface area (Å²) in [6.45, 7) is 41.8. The first kappa shape index (κ1) is 117. The van der Waals surface area contributed by atoms with Gasteiger partial charge in [-0.3, -0.25) is 23.6 Å². The first-order chi connectivity index (χ1) is 60.4. The van der Waals surface area contributed by atoms with Gasteiger partial charge in [-0.2, -0.15) is 0 Å². The fourth-order valence-electron chi connectivity index (χ4n) is 23.9. The molecule has 5 N–H and O–H groups in total. The van der Waals surface area contributed by atoms with Crippen molar-refractivity contribution in [2.24, 2.45) is 102 Å². The van der Waals surface area contributed by atoms with E-state index in [1.54, 1.807) is 75.2 Å². The number of aliphatic hydroxyl groups is 5. The normalized spacial score (nSPS) is 35.2. The summed E-state index contributed by atoms with van der Waals surface area (Å²) in [5.41, 5.74) is -5.27. The molecule has 0 aromatic heterocycles. The highest BCUT2D eigenvalue weighted by Gasteiger charge is 2.73. The van der Waals surface area contributed by atoms with Gasteiger partial charge in [0.25, 0.3) is 8.32 Å². The van der Waals surface area contributed by atoms with E-state index in [0.717, 1.165) is 55.3 Å². The van der Waals surface area contributed by atoms with E-state index in [2.05, 4.69) is 180 Å². The standard InChI is InChI=1S/C40H58O5Si2.2C22H34O6.CH3F.CH4.S8.S7.S6/c1-11-38(7)26-33(39(8)28(2)22-24-40(25-23-32(41)35(39)40)29(3)36(38)45-46(9)10)44-34(42)27-43-47(37(4,5)6,30-18-14-12-15-19-30)31-20-16-13-17-21-31;1-12-6-8-22-9-7-15(25)18(22)21(12,5)16(28-17(26)11-23)10-20(4,14(3)24)19(27)13(22)2;1-5-21(12-24)10-16(28-17(26)11-23)20(4)13(2)6-8-22(14(3)19(21)27)9-7-15(25)18(20)22;1-2;;1-3-5-7-8-6-4-2;1-3-5-7-6-4-2;1-3-5-6-4-2/h11-21,28-29,33,35-36,46H,1,22-27H2,2-10H3;12-13,16,18-19,23,27H,6-11H2,1-5H3;5,13-14,16,18-19,23-24,27H,1,6-12H2,2-4H3;1H3;1H4;;;/t28-,29+,33-,35?,36+,38-,39+,40+;12-,13+,16-,18?,19+,20+,21+,22+;13-,14+,16-,18?,19+,20+,21-,22+;;;;;/m111...../s1/i;;;;1D;;;. The van der Waals surface area contributed by atoms with Crippen LogP contribution in [-0.2, 0) is 257 Å². The summed E-state index contributed by atoms with van der Waals surface area (Å²) in [7, 11) is 19.5. The Morgan fingerprint density at radius 3 is 1.18 bits per heavy atom. The maximum Gasteiger partial charge on any atom is 0.332 e. The summed E-state index contributed by atoms with van der Waals surface area (Å²) in [6.07, 6.45) is 9.91. The van der Waals surface area contributed by atoms with Gasteiger partial charge < -0.3 is 48.6 Å². The van der Waals surface area contributed by atoms with Crippen molar-refractivity contribution in [3.8, 4) is 0 Å². The SMILES string of the molecule is C=C[C@]1(C)C[C@@H](OC(=O)CO[Si](c2ccccc2)(c2ccccc2)C(C)(C)C)[C@@]2(C)C3C(=O)CC[C@@]3(CC[C@H]2C)[C@@H](C)[C@@H]1O[SiH](C)C.C=C[C@]1(CO)C[C@@H](OC(=O)CO)[C@@]2(C)C3C(=O)CC[C@@]3(CC[C@H]2C)[C@@H](C)[C@@H]1O.CC(=O)[C@]1(C)C[C@@H](OC(=O)CO)[C@@]2(C)C3C(=O)CC[C@@]3(CC[C@H]2C)[C@@H](C)[C@@H]1O.CF.S=S=S=S=S=S.S=S=S=S=S=S=S.S=S=S=S=S=S=S=S.[2H]C. The van der Waals surface area contributed by atoms with E-state index in [1.165, 1.54) is 85.4 Å². The number of ether oxygens (including phenoxy) is 3. The van der Waals surface area contributed by atoms with E-state index < -0.39 is 111 Å². The summed E-state index contributed by atoms with van der Waals surface area (Å²) in [4.78, 5) is 91.5. The number of benzene rings is 2. The van der Waals surface area contributed by atoms with Crippen LogP contribution in [0.1, 0.15) is 209 Å². The topological polar surface area (TPSA) is 267 Å². The van der Waals surface area contributed by atoms with Gasteiger partial charge in [-0.1, -0.05) is 177 Å². The lowest BCUT2D eigenvalue weighted by Gasteiger charge is -2.62. The molecule has 720 valence electrons. The Labute approximate surface area is 831 Å². The van der Waals surface area contributed by atoms with Crippen LogP contribution in [0.5, 0.6) is 0 Å². The van der Waals surface area contributed by atoms with E-state index in [0.29, 0.717) is 51.5 Å². The third-order valence-corrected chi connectivity index (χ3v) is 63.4. The molecule has 9 aliphatic rings. The van der Waals surface area contributed by atoms with Gasteiger partial charge in [0.2, 0.25) is 0 Å². The first-order valence-electron chi connectivity index (χ1n) is 43.1. The van der Waals surface area contributed by atoms with Crippen LogP contribution < -0.4 is 10.4 Å². The zero-order valence-electron chi connectivity index (χ0n) is 77.1. The number of rotatable bonds is 16. The van der Waals surface area contributed by atoms with E-state index in [9.17, 15) is 63.5 Å². The number of alkyl halides is 1.